The maximum atomic E-state index is 14.8. The first-order chi connectivity index (χ1) is 16.9. The Balaban J connectivity index is 1.43. The number of carbonyl (C=O) groups excluding carboxylic acids is 1. The van der Waals surface area contributed by atoms with Crippen molar-refractivity contribution in [3.8, 4) is 5.69 Å². The summed E-state index contributed by atoms with van der Waals surface area (Å²) in [7, 11) is 0. The predicted molar refractivity (Wildman–Crippen MR) is 121 cm³/mol. The number of amides is 2. The summed E-state index contributed by atoms with van der Waals surface area (Å²) in [6.07, 6.45) is 5.96. The molecule has 0 aliphatic carbocycles. The van der Waals surface area contributed by atoms with Crippen molar-refractivity contribution in [1.82, 2.24) is 34.7 Å². The van der Waals surface area contributed by atoms with Crippen LogP contribution in [-0.2, 0) is 12.1 Å². The zero-order valence-corrected chi connectivity index (χ0v) is 18.7. The van der Waals surface area contributed by atoms with Crippen molar-refractivity contribution in [1.29, 1.82) is 0 Å². The lowest BCUT2D eigenvalue weighted by Gasteiger charge is -2.39. The van der Waals surface area contributed by atoms with Crippen LogP contribution in [0.1, 0.15) is 12.5 Å². The van der Waals surface area contributed by atoms with Crippen LogP contribution in [0, 0.1) is 11.6 Å². The zero-order valence-electron chi connectivity index (χ0n) is 18.7. The molecule has 0 saturated carbocycles. The van der Waals surface area contributed by atoms with E-state index >= 15 is 0 Å². The summed E-state index contributed by atoms with van der Waals surface area (Å²) in [6, 6.07) is 8.99. The summed E-state index contributed by atoms with van der Waals surface area (Å²) in [4.78, 5) is 20.3. The van der Waals surface area contributed by atoms with Crippen molar-refractivity contribution in [2.24, 2.45) is 0 Å². The van der Waals surface area contributed by atoms with E-state index in [2.05, 4.69) is 20.4 Å². The standard InChI is InChI=1S/C23H22F2N8O2/c1-16(23(35,13-30-15-26-14-28-30)20-7-2-17(24)12-21(20)25)31-10-11-32(22(31)34)18-3-5-19(6-4-18)33-9-8-27-29-33/h2-9,12,14-16,35H,10-11,13H2,1H3/t16-,23-/m1/s1. The van der Waals surface area contributed by atoms with Gasteiger partial charge in [-0.25, -0.2) is 27.9 Å². The Labute approximate surface area is 199 Å². The molecule has 0 unspecified atom stereocenters. The molecule has 1 saturated heterocycles. The molecule has 1 aliphatic heterocycles. The average Bonchev–Trinajstić information content (AvgIpc) is 3.61. The number of benzene rings is 2. The summed E-state index contributed by atoms with van der Waals surface area (Å²) in [5, 5.41) is 23.5. The third kappa shape index (κ3) is 4.12. The van der Waals surface area contributed by atoms with E-state index in [1.54, 1.807) is 41.0 Å². The number of hydrogen-bond donors (Lipinski definition) is 1. The van der Waals surface area contributed by atoms with Gasteiger partial charge in [-0.3, -0.25) is 4.90 Å². The molecule has 180 valence electrons. The molecule has 4 aromatic rings. The van der Waals surface area contributed by atoms with Crippen LogP contribution < -0.4 is 4.90 Å². The molecule has 10 nitrogen and oxygen atoms in total. The van der Waals surface area contributed by atoms with Crippen LogP contribution in [-0.4, -0.2) is 64.9 Å². The van der Waals surface area contributed by atoms with Crippen LogP contribution in [0.3, 0.4) is 0 Å². The van der Waals surface area contributed by atoms with Crippen molar-refractivity contribution in [3.63, 3.8) is 0 Å². The number of halogens is 2. The minimum atomic E-state index is -1.91. The van der Waals surface area contributed by atoms with Crippen molar-refractivity contribution in [2.75, 3.05) is 18.0 Å². The van der Waals surface area contributed by atoms with E-state index in [1.165, 1.54) is 28.3 Å². The molecular weight excluding hydrogens is 458 g/mol. The first-order valence-electron chi connectivity index (χ1n) is 10.9. The Morgan fingerprint density at radius 2 is 1.89 bits per heavy atom. The molecule has 5 rings (SSSR count). The van der Waals surface area contributed by atoms with Crippen LogP contribution in [0.4, 0.5) is 19.3 Å². The molecule has 0 spiro atoms. The minimum Gasteiger partial charge on any atom is -0.381 e. The lowest BCUT2D eigenvalue weighted by molar-refractivity contribution is -0.0475. The smallest absolute Gasteiger partial charge is 0.324 e. The van der Waals surface area contributed by atoms with Gasteiger partial charge in [0, 0.05) is 30.4 Å². The molecule has 0 radical (unpaired) electrons. The van der Waals surface area contributed by atoms with E-state index < -0.39 is 23.3 Å². The van der Waals surface area contributed by atoms with Gasteiger partial charge in [0.1, 0.15) is 29.9 Å². The molecule has 0 bridgehead atoms. The lowest BCUT2D eigenvalue weighted by Crippen LogP contribution is -2.53. The van der Waals surface area contributed by atoms with Gasteiger partial charge in [-0.05, 0) is 37.3 Å². The van der Waals surface area contributed by atoms with Gasteiger partial charge in [0.15, 0.2) is 0 Å². The first-order valence-corrected chi connectivity index (χ1v) is 10.9. The Bertz CT molecular complexity index is 1310. The Hall–Kier alpha value is -4.19. The molecular formula is C23H22F2N8O2. The highest BCUT2D eigenvalue weighted by Gasteiger charge is 2.46. The van der Waals surface area contributed by atoms with Gasteiger partial charge in [0.2, 0.25) is 0 Å². The van der Waals surface area contributed by atoms with E-state index in [0.29, 0.717) is 24.8 Å². The van der Waals surface area contributed by atoms with Gasteiger partial charge in [-0.2, -0.15) is 5.10 Å². The van der Waals surface area contributed by atoms with Crippen LogP contribution in [0.15, 0.2) is 67.5 Å². The molecule has 1 aliphatic rings. The van der Waals surface area contributed by atoms with Gasteiger partial charge in [0.25, 0.3) is 0 Å². The zero-order chi connectivity index (χ0) is 24.6. The van der Waals surface area contributed by atoms with E-state index in [9.17, 15) is 18.7 Å². The molecule has 2 amide bonds. The number of urea groups is 1. The van der Waals surface area contributed by atoms with Gasteiger partial charge in [0.05, 0.1) is 30.7 Å². The second-order valence-corrected chi connectivity index (χ2v) is 8.31. The van der Waals surface area contributed by atoms with Crippen molar-refractivity contribution >= 4 is 11.7 Å². The van der Waals surface area contributed by atoms with Crippen molar-refractivity contribution in [2.45, 2.75) is 25.1 Å². The summed E-state index contributed by atoms with van der Waals surface area (Å²) in [6.45, 7) is 2.12. The number of rotatable bonds is 7. The Kier molecular flexibility index (Phi) is 5.73. The summed E-state index contributed by atoms with van der Waals surface area (Å²) in [5.74, 6) is -1.67. The summed E-state index contributed by atoms with van der Waals surface area (Å²) >= 11 is 0. The Morgan fingerprint density at radius 1 is 1.11 bits per heavy atom. The lowest BCUT2D eigenvalue weighted by atomic mass is 9.85. The number of carbonyl (C=O) groups is 1. The van der Waals surface area contributed by atoms with Gasteiger partial charge in [-0.15, -0.1) is 5.10 Å². The molecule has 2 aromatic heterocycles. The third-order valence-electron chi connectivity index (χ3n) is 6.32. The highest BCUT2D eigenvalue weighted by Crippen LogP contribution is 2.35. The number of anilines is 1. The van der Waals surface area contributed by atoms with Crippen LogP contribution in [0.5, 0.6) is 0 Å². The third-order valence-corrected chi connectivity index (χ3v) is 6.32. The fourth-order valence-corrected chi connectivity index (χ4v) is 4.39. The number of aliphatic hydroxyl groups is 1. The molecule has 3 heterocycles. The molecule has 12 heteroatoms. The van der Waals surface area contributed by atoms with Gasteiger partial charge in [-0.1, -0.05) is 11.3 Å². The molecule has 2 aromatic carbocycles. The van der Waals surface area contributed by atoms with Gasteiger partial charge < -0.3 is 10.0 Å². The molecule has 35 heavy (non-hydrogen) atoms. The maximum absolute atomic E-state index is 14.8. The molecule has 2 atom stereocenters. The first kappa shape index (κ1) is 22.6. The average molecular weight is 480 g/mol. The highest BCUT2D eigenvalue weighted by molar-refractivity contribution is 5.94. The molecule has 1 N–H and O–H groups in total. The second kappa shape index (κ2) is 8.87. The molecule has 1 fully saturated rings. The quantitative estimate of drug-likeness (QED) is 0.436. The monoisotopic (exact) mass is 480 g/mol. The summed E-state index contributed by atoms with van der Waals surface area (Å²) in [5.41, 5.74) is -0.586. The van der Waals surface area contributed by atoms with Crippen LogP contribution in [0.2, 0.25) is 0 Å². The van der Waals surface area contributed by atoms with E-state index in [1.807, 2.05) is 12.1 Å². The normalized spacial score (nSPS) is 16.5. The maximum Gasteiger partial charge on any atom is 0.324 e. The fourth-order valence-electron chi connectivity index (χ4n) is 4.39. The highest BCUT2D eigenvalue weighted by atomic mass is 19.1. The van der Waals surface area contributed by atoms with E-state index in [0.717, 1.165) is 11.8 Å². The fraction of sp³-hybridized carbons (Fsp3) is 0.261. The van der Waals surface area contributed by atoms with Crippen molar-refractivity contribution < 1.29 is 18.7 Å². The Morgan fingerprint density at radius 3 is 2.54 bits per heavy atom. The number of nitrogens with zero attached hydrogens (tertiary/aromatic N) is 8. The van der Waals surface area contributed by atoms with Crippen molar-refractivity contribution in [3.05, 3.63) is 84.7 Å². The van der Waals surface area contributed by atoms with E-state index in [-0.39, 0.29) is 18.1 Å². The summed E-state index contributed by atoms with van der Waals surface area (Å²) < 4.78 is 31.4. The number of hydrogen-bond acceptors (Lipinski definition) is 6. The number of aromatic nitrogens is 6. The topological polar surface area (TPSA) is 105 Å². The van der Waals surface area contributed by atoms with Crippen LogP contribution >= 0.6 is 0 Å². The van der Waals surface area contributed by atoms with Gasteiger partial charge >= 0.3 is 6.03 Å². The van der Waals surface area contributed by atoms with Crippen LogP contribution in [0.25, 0.3) is 5.69 Å². The predicted octanol–water partition coefficient (Wildman–Crippen LogP) is 2.36. The van der Waals surface area contributed by atoms with E-state index in [4.69, 9.17) is 0 Å². The minimum absolute atomic E-state index is 0.134. The largest absolute Gasteiger partial charge is 0.381 e. The SMILES string of the molecule is C[C@@H](N1CCN(c2ccc(-n3ccnn3)cc2)C1=O)[C@](O)(Cn1cncn1)c1ccc(F)cc1F. The second-order valence-electron chi connectivity index (χ2n) is 8.31.